The summed E-state index contributed by atoms with van der Waals surface area (Å²) in [6.07, 6.45) is 2.40. The normalized spacial score (nSPS) is 13.1. The van der Waals surface area contributed by atoms with Crippen molar-refractivity contribution in [1.82, 2.24) is 5.32 Å². The summed E-state index contributed by atoms with van der Waals surface area (Å²) in [6, 6.07) is 4.02. The maximum Gasteiger partial charge on any atom is 0.306 e. The first kappa shape index (κ1) is 15.0. The van der Waals surface area contributed by atoms with E-state index in [4.69, 9.17) is 9.47 Å². The molecule has 1 N–H and O–H groups in total. The lowest BCUT2D eigenvalue weighted by Gasteiger charge is -2.20. The van der Waals surface area contributed by atoms with E-state index in [-0.39, 0.29) is 5.97 Å². The first-order chi connectivity index (χ1) is 9.74. The van der Waals surface area contributed by atoms with E-state index in [0.29, 0.717) is 32.7 Å². The van der Waals surface area contributed by atoms with Crippen molar-refractivity contribution in [3.63, 3.8) is 0 Å². The van der Waals surface area contributed by atoms with Gasteiger partial charge in [0.2, 0.25) is 0 Å². The van der Waals surface area contributed by atoms with E-state index in [0.717, 1.165) is 22.0 Å². The van der Waals surface area contributed by atoms with E-state index in [1.165, 1.54) is 7.11 Å². The number of ether oxygens (including phenoxy) is 3. The van der Waals surface area contributed by atoms with Gasteiger partial charge in [0.1, 0.15) is 13.2 Å². The predicted octanol–water partition coefficient (Wildman–Crippen LogP) is 1.83. The van der Waals surface area contributed by atoms with Crippen LogP contribution in [0.15, 0.2) is 17.0 Å². The molecule has 1 aliphatic rings. The third-order valence-corrected chi connectivity index (χ3v) is 3.81. The molecular weight excluding hydrogens is 278 g/mol. The lowest BCUT2D eigenvalue weighted by Crippen LogP contribution is -2.20. The smallest absolute Gasteiger partial charge is 0.306 e. The Bertz CT molecular complexity index is 478. The van der Waals surface area contributed by atoms with Crippen LogP contribution in [-0.4, -0.2) is 39.1 Å². The number of methoxy groups -OCH3 is 1. The zero-order valence-electron chi connectivity index (χ0n) is 11.7. The molecule has 0 saturated carbocycles. The second kappa shape index (κ2) is 7.40. The van der Waals surface area contributed by atoms with Gasteiger partial charge in [0, 0.05) is 18.0 Å². The molecule has 6 heteroatoms. The highest BCUT2D eigenvalue weighted by Gasteiger charge is 2.15. The molecule has 0 fully saturated rings. The summed E-state index contributed by atoms with van der Waals surface area (Å²) in [5.41, 5.74) is 1.15. The monoisotopic (exact) mass is 297 g/mol. The van der Waals surface area contributed by atoms with E-state index in [1.807, 2.05) is 18.4 Å². The number of esters is 1. The zero-order chi connectivity index (χ0) is 14.4. The number of fused-ring (bicyclic) bond motifs is 1. The molecule has 1 aromatic rings. The third kappa shape index (κ3) is 3.80. The first-order valence-corrected chi connectivity index (χ1v) is 7.71. The summed E-state index contributed by atoms with van der Waals surface area (Å²) in [5.74, 6) is 1.39. The summed E-state index contributed by atoms with van der Waals surface area (Å²) >= 11 is 1.67. The van der Waals surface area contributed by atoms with Crippen LogP contribution >= 0.6 is 11.8 Å². The fraction of sp³-hybridized carbons (Fsp3) is 0.500. The first-order valence-electron chi connectivity index (χ1n) is 6.48. The van der Waals surface area contributed by atoms with Crippen LogP contribution in [0.5, 0.6) is 11.5 Å². The number of hydrogen-bond acceptors (Lipinski definition) is 6. The van der Waals surface area contributed by atoms with Gasteiger partial charge in [-0.05, 0) is 24.0 Å². The quantitative estimate of drug-likeness (QED) is 0.491. The van der Waals surface area contributed by atoms with Gasteiger partial charge in [-0.2, -0.15) is 0 Å². The highest BCUT2D eigenvalue weighted by atomic mass is 32.2. The molecule has 0 aromatic heterocycles. The highest BCUT2D eigenvalue weighted by molar-refractivity contribution is 7.98. The Morgan fingerprint density at radius 2 is 2.05 bits per heavy atom. The lowest BCUT2D eigenvalue weighted by molar-refractivity contribution is -0.140. The van der Waals surface area contributed by atoms with Crippen LogP contribution in [0.25, 0.3) is 0 Å². The van der Waals surface area contributed by atoms with Crippen LogP contribution < -0.4 is 14.8 Å². The van der Waals surface area contributed by atoms with Crippen molar-refractivity contribution < 1.29 is 19.0 Å². The molecule has 0 atom stereocenters. The van der Waals surface area contributed by atoms with Gasteiger partial charge in [-0.25, -0.2) is 0 Å². The molecule has 0 unspecified atom stereocenters. The maximum absolute atomic E-state index is 11.0. The van der Waals surface area contributed by atoms with Crippen LogP contribution in [0.4, 0.5) is 0 Å². The topological polar surface area (TPSA) is 56.8 Å². The molecule has 0 spiro atoms. The van der Waals surface area contributed by atoms with Crippen LogP contribution in [0.2, 0.25) is 0 Å². The third-order valence-electron chi connectivity index (χ3n) is 2.99. The Hall–Kier alpha value is -1.40. The molecule has 0 aliphatic carbocycles. The molecule has 1 aromatic carbocycles. The Kier molecular flexibility index (Phi) is 5.55. The summed E-state index contributed by atoms with van der Waals surface area (Å²) < 4.78 is 15.8. The molecule has 5 nitrogen and oxygen atoms in total. The second-order valence-corrected chi connectivity index (χ2v) is 5.16. The van der Waals surface area contributed by atoms with Crippen molar-refractivity contribution in [3.05, 3.63) is 17.7 Å². The van der Waals surface area contributed by atoms with Crippen LogP contribution in [-0.2, 0) is 16.1 Å². The number of carbonyl (C=O) groups is 1. The Labute approximate surface area is 123 Å². The van der Waals surface area contributed by atoms with Gasteiger partial charge >= 0.3 is 5.97 Å². The van der Waals surface area contributed by atoms with Gasteiger partial charge in [0.05, 0.1) is 13.5 Å². The van der Waals surface area contributed by atoms with Gasteiger partial charge in [0.15, 0.2) is 11.5 Å². The lowest BCUT2D eigenvalue weighted by atomic mass is 10.2. The number of hydrogen-bond donors (Lipinski definition) is 1. The molecule has 20 heavy (non-hydrogen) atoms. The van der Waals surface area contributed by atoms with Crippen molar-refractivity contribution >= 4 is 17.7 Å². The molecule has 0 bridgehead atoms. The molecule has 1 aliphatic heterocycles. The number of carbonyl (C=O) groups excluding carboxylic acids is 1. The van der Waals surface area contributed by atoms with Gasteiger partial charge in [-0.1, -0.05) is 0 Å². The number of nitrogens with one attached hydrogen (secondary N) is 1. The second-order valence-electron chi connectivity index (χ2n) is 4.31. The summed E-state index contributed by atoms with van der Waals surface area (Å²) in [4.78, 5) is 12.2. The highest BCUT2D eigenvalue weighted by Crippen LogP contribution is 2.36. The van der Waals surface area contributed by atoms with Crippen molar-refractivity contribution in [2.24, 2.45) is 0 Å². The molecule has 110 valence electrons. The van der Waals surface area contributed by atoms with Crippen molar-refractivity contribution in [3.8, 4) is 11.5 Å². The fourth-order valence-corrected chi connectivity index (χ4v) is 2.57. The molecule has 0 amide bonds. The van der Waals surface area contributed by atoms with Gasteiger partial charge < -0.3 is 19.5 Å². The number of rotatable bonds is 6. The average Bonchev–Trinajstić information content (AvgIpc) is 2.50. The minimum absolute atomic E-state index is 0.204. The van der Waals surface area contributed by atoms with Crippen LogP contribution in [0.1, 0.15) is 12.0 Å². The summed E-state index contributed by atoms with van der Waals surface area (Å²) in [6.45, 7) is 2.46. The molecule has 0 radical (unpaired) electrons. The summed E-state index contributed by atoms with van der Waals surface area (Å²) in [7, 11) is 1.40. The van der Waals surface area contributed by atoms with Gasteiger partial charge in [-0.15, -0.1) is 11.8 Å². The standard InChI is InChI=1S/C14H19NO4S/c1-17-14(16)3-4-15-9-10-7-11-12(8-13(10)20-2)19-6-5-18-11/h7-8,15H,3-6,9H2,1-2H3. The van der Waals surface area contributed by atoms with Crippen molar-refractivity contribution in [1.29, 1.82) is 0 Å². The number of thioether (sulfide) groups is 1. The summed E-state index contributed by atoms with van der Waals surface area (Å²) in [5, 5.41) is 3.24. The van der Waals surface area contributed by atoms with E-state index in [2.05, 4.69) is 10.1 Å². The van der Waals surface area contributed by atoms with E-state index in [9.17, 15) is 4.79 Å². The SMILES string of the molecule is COC(=O)CCNCc1cc2c(cc1SC)OCCO2. The van der Waals surface area contributed by atoms with Crippen molar-refractivity contribution in [2.75, 3.05) is 33.1 Å². The Morgan fingerprint density at radius 1 is 1.35 bits per heavy atom. The molecule has 1 heterocycles. The largest absolute Gasteiger partial charge is 0.486 e. The van der Waals surface area contributed by atoms with Gasteiger partial charge in [-0.3, -0.25) is 4.79 Å². The van der Waals surface area contributed by atoms with E-state index in [1.54, 1.807) is 11.8 Å². The maximum atomic E-state index is 11.0. The van der Waals surface area contributed by atoms with Crippen LogP contribution in [0, 0.1) is 0 Å². The molecule has 2 rings (SSSR count). The van der Waals surface area contributed by atoms with Gasteiger partial charge in [0.25, 0.3) is 0 Å². The van der Waals surface area contributed by atoms with E-state index < -0.39 is 0 Å². The van der Waals surface area contributed by atoms with E-state index >= 15 is 0 Å². The molecule has 0 saturated heterocycles. The fourth-order valence-electron chi connectivity index (χ4n) is 1.96. The minimum atomic E-state index is -0.204. The minimum Gasteiger partial charge on any atom is -0.486 e. The average molecular weight is 297 g/mol. The molecular formula is C14H19NO4S. The zero-order valence-corrected chi connectivity index (χ0v) is 12.5. The Balaban J connectivity index is 1.97. The van der Waals surface area contributed by atoms with Crippen molar-refractivity contribution in [2.45, 2.75) is 17.9 Å². The Morgan fingerprint density at radius 3 is 2.70 bits per heavy atom. The number of benzene rings is 1. The van der Waals surface area contributed by atoms with Crippen LogP contribution in [0.3, 0.4) is 0 Å². The predicted molar refractivity (Wildman–Crippen MR) is 77.6 cm³/mol.